The van der Waals surface area contributed by atoms with Crippen LogP contribution in [-0.2, 0) is 10.3 Å². The van der Waals surface area contributed by atoms with Gasteiger partial charge in [0.25, 0.3) is 0 Å². The molecular formula is C16H15BrClNO2. The average Bonchev–Trinajstić information content (AvgIpc) is 2.43. The normalized spacial score (nSPS) is 13.5. The number of aliphatic carboxylic acids is 1. The summed E-state index contributed by atoms with van der Waals surface area (Å²) >= 11 is 9.31. The number of carboxylic acid groups (broad SMARTS) is 1. The molecule has 2 aromatic rings. The molecule has 5 heteroatoms. The Morgan fingerprint density at radius 3 is 2.52 bits per heavy atom. The minimum absolute atomic E-state index is 0.577. The van der Waals surface area contributed by atoms with Gasteiger partial charge in [0.05, 0.1) is 5.02 Å². The van der Waals surface area contributed by atoms with Crippen LogP contribution < -0.4 is 5.32 Å². The second-order valence-corrected chi connectivity index (χ2v) is 6.26. The quantitative estimate of drug-likeness (QED) is 0.813. The minimum atomic E-state index is -1.22. The number of hydrogen-bond acceptors (Lipinski definition) is 2. The third-order valence-electron chi connectivity index (χ3n) is 3.43. The van der Waals surface area contributed by atoms with Crippen molar-refractivity contribution in [1.82, 2.24) is 0 Å². The number of carbonyl (C=O) groups is 1. The smallest absolute Gasteiger partial charge is 0.333 e. The molecule has 0 saturated carbocycles. The van der Waals surface area contributed by atoms with Crippen LogP contribution in [0.15, 0.2) is 46.9 Å². The lowest BCUT2D eigenvalue weighted by Gasteiger charge is -2.29. The Kier molecular flexibility index (Phi) is 4.59. The van der Waals surface area contributed by atoms with Crippen molar-refractivity contribution in [2.45, 2.75) is 19.4 Å². The zero-order chi connectivity index (χ0) is 15.6. The molecule has 21 heavy (non-hydrogen) atoms. The monoisotopic (exact) mass is 367 g/mol. The largest absolute Gasteiger partial charge is 0.479 e. The van der Waals surface area contributed by atoms with Crippen molar-refractivity contribution in [2.24, 2.45) is 0 Å². The summed E-state index contributed by atoms with van der Waals surface area (Å²) in [6.45, 7) is 3.55. The molecule has 0 radical (unpaired) electrons. The number of hydrogen-bond donors (Lipinski definition) is 2. The van der Waals surface area contributed by atoms with Gasteiger partial charge in [-0.05, 0) is 59.1 Å². The average molecular weight is 369 g/mol. The molecule has 2 N–H and O–H groups in total. The van der Waals surface area contributed by atoms with Crippen LogP contribution in [0.4, 0.5) is 5.69 Å². The SMILES string of the molecule is Cc1ccccc1C(C)(Nc1ccc(Cl)c(Br)c1)C(=O)O. The molecular weight excluding hydrogens is 354 g/mol. The van der Waals surface area contributed by atoms with Gasteiger partial charge in [0.1, 0.15) is 0 Å². The van der Waals surface area contributed by atoms with E-state index < -0.39 is 11.5 Å². The summed E-state index contributed by atoms with van der Waals surface area (Å²) in [5, 5.41) is 13.4. The van der Waals surface area contributed by atoms with E-state index in [2.05, 4.69) is 21.2 Å². The maximum Gasteiger partial charge on any atom is 0.333 e. The summed E-state index contributed by atoms with van der Waals surface area (Å²) in [5.74, 6) is -0.942. The highest BCUT2D eigenvalue weighted by Crippen LogP contribution is 2.32. The lowest BCUT2D eigenvalue weighted by atomic mass is 9.88. The standard InChI is InChI=1S/C16H15BrClNO2/c1-10-5-3-4-6-12(10)16(2,15(20)21)19-11-7-8-14(18)13(17)9-11/h3-9,19H,1-2H3,(H,20,21). The third kappa shape index (κ3) is 3.22. The summed E-state index contributed by atoms with van der Waals surface area (Å²) in [6, 6.07) is 12.7. The first-order valence-corrected chi connectivity index (χ1v) is 7.54. The molecule has 0 aliphatic carbocycles. The first-order chi connectivity index (χ1) is 9.84. The van der Waals surface area contributed by atoms with Crippen LogP contribution in [0, 0.1) is 6.92 Å². The molecule has 0 aliphatic rings. The Morgan fingerprint density at radius 1 is 1.29 bits per heavy atom. The second-order valence-electron chi connectivity index (χ2n) is 5.00. The zero-order valence-electron chi connectivity index (χ0n) is 11.7. The Bertz CT molecular complexity index is 690. The molecule has 0 bridgehead atoms. The van der Waals surface area contributed by atoms with Crippen molar-refractivity contribution in [3.8, 4) is 0 Å². The molecule has 0 aromatic heterocycles. The van der Waals surface area contributed by atoms with Crippen LogP contribution in [0.5, 0.6) is 0 Å². The fourth-order valence-electron chi connectivity index (χ4n) is 2.23. The molecule has 0 aliphatic heterocycles. The first kappa shape index (κ1) is 15.9. The van der Waals surface area contributed by atoms with Gasteiger partial charge in [-0.2, -0.15) is 0 Å². The Morgan fingerprint density at radius 2 is 1.95 bits per heavy atom. The van der Waals surface area contributed by atoms with Crippen molar-refractivity contribution in [1.29, 1.82) is 0 Å². The molecule has 2 rings (SSSR count). The van der Waals surface area contributed by atoms with Crippen molar-refractivity contribution in [3.05, 3.63) is 63.1 Å². The topological polar surface area (TPSA) is 49.3 Å². The lowest BCUT2D eigenvalue weighted by molar-refractivity contribution is -0.142. The van der Waals surface area contributed by atoms with E-state index in [4.69, 9.17) is 11.6 Å². The van der Waals surface area contributed by atoms with Gasteiger partial charge in [0.2, 0.25) is 0 Å². The van der Waals surface area contributed by atoms with E-state index in [1.165, 1.54) is 0 Å². The number of aryl methyl sites for hydroxylation is 1. The molecule has 0 saturated heterocycles. The summed E-state index contributed by atoms with van der Waals surface area (Å²) in [6.07, 6.45) is 0. The second kappa shape index (κ2) is 6.08. The highest BCUT2D eigenvalue weighted by Gasteiger charge is 2.36. The van der Waals surface area contributed by atoms with E-state index in [9.17, 15) is 9.90 Å². The maximum atomic E-state index is 11.8. The van der Waals surface area contributed by atoms with Crippen molar-refractivity contribution >= 4 is 39.2 Å². The Balaban J connectivity index is 2.46. The van der Waals surface area contributed by atoms with E-state index >= 15 is 0 Å². The van der Waals surface area contributed by atoms with Crippen LogP contribution in [0.1, 0.15) is 18.1 Å². The number of benzene rings is 2. The van der Waals surface area contributed by atoms with Crippen LogP contribution in [0.3, 0.4) is 0 Å². The van der Waals surface area contributed by atoms with E-state index in [1.807, 2.05) is 31.2 Å². The van der Waals surface area contributed by atoms with E-state index in [0.29, 0.717) is 15.2 Å². The van der Waals surface area contributed by atoms with Crippen LogP contribution in [-0.4, -0.2) is 11.1 Å². The van der Waals surface area contributed by atoms with Crippen LogP contribution >= 0.6 is 27.5 Å². The predicted molar refractivity (Wildman–Crippen MR) is 88.9 cm³/mol. The minimum Gasteiger partial charge on any atom is -0.479 e. The zero-order valence-corrected chi connectivity index (χ0v) is 14.0. The highest BCUT2D eigenvalue weighted by atomic mass is 79.9. The summed E-state index contributed by atoms with van der Waals surface area (Å²) < 4.78 is 0.715. The molecule has 0 amide bonds. The maximum absolute atomic E-state index is 11.8. The summed E-state index contributed by atoms with van der Waals surface area (Å²) in [4.78, 5) is 11.8. The van der Waals surface area contributed by atoms with Crippen molar-refractivity contribution < 1.29 is 9.90 Å². The third-order valence-corrected chi connectivity index (χ3v) is 4.64. The Hall–Kier alpha value is -1.52. The predicted octanol–water partition coefficient (Wildman–Crippen LogP) is 4.82. The number of rotatable bonds is 4. The molecule has 3 nitrogen and oxygen atoms in total. The van der Waals surface area contributed by atoms with Gasteiger partial charge in [0, 0.05) is 10.2 Å². The molecule has 1 atom stereocenters. The number of anilines is 1. The number of halogens is 2. The molecule has 0 heterocycles. The molecule has 1 unspecified atom stereocenters. The van der Waals surface area contributed by atoms with Gasteiger partial charge >= 0.3 is 5.97 Å². The van der Waals surface area contributed by atoms with Gasteiger partial charge in [-0.3, -0.25) is 0 Å². The van der Waals surface area contributed by atoms with E-state index in [1.54, 1.807) is 25.1 Å². The fourth-order valence-corrected chi connectivity index (χ4v) is 2.73. The molecule has 0 fully saturated rings. The van der Waals surface area contributed by atoms with E-state index in [-0.39, 0.29) is 0 Å². The van der Waals surface area contributed by atoms with Gasteiger partial charge in [0.15, 0.2) is 5.54 Å². The summed E-state index contributed by atoms with van der Waals surface area (Å²) in [5.41, 5.74) is 1.10. The molecule has 0 spiro atoms. The highest BCUT2D eigenvalue weighted by molar-refractivity contribution is 9.10. The first-order valence-electron chi connectivity index (χ1n) is 6.37. The van der Waals surface area contributed by atoms with Gasteiger partial charge < -0.3 is 10.4 Å². The van der Waals surface area contributed by atoms with Crippen molar-refractivity contribution in [3.63, 3.8) is 0 Å². The lowest BCUT2D eigenvalue weighted by Crippen LogP contribution is -2.41. The van der Waals surface area contributed by atoms with Gasteiger partial charge in [-0.1, -0.05) is 35.9 Å². The van der Waals surface area contributed by atoms with Crippen molar-refractivity contribution in [2.75, 3.05) is 5.32 Å². The van der Waals surface area contributed by atoms with Crippen LogP contribution in [0.25, 0.3) is 0 Å². The Labute approximate surface area is 137 Å². The molecule has 110 valence electrons. The van der Waals surface area contributed by atoms with Crippen LogP contribution in [0.2, 0.25) is 5.02 Å². The fraction of sp³-hybridized carbons (Fsp3) is 0.188. The summed E-state index contributed by atoms with van der Waals surface area (Å²) in [7, 11) is 0. The number of nitrogens with one attached hydrogen (secondary N) is 1. The van der Waals surface area contributed by atoms with Gasteiger partial charge in [-0.25, -0.2) is 4.79 Å². The number of carboxylic acids is 1. The molecule has 2 aromatic carbocycles. The van der Waals surface area contributed by atoms with E-state index in [0.717, 1.165) is 11.1 Å². The van der Waals surface area contributed by atoms with Gasteiger partial charge in [-0.15, -0.1) is 0 Å².